The van der Waals surface area contributed by atoms with Gasteiger partial charge in [0.2, 0.25) is 0 Å². The lowest BCUT2D eigenvalue weighted by atomic mass is 10.0. The van der Waals surface area contributed by atoms with Crippen LogP contribution in [-0.4, -0.2) is 40.7 Å². The number of benzene rings is 3. The Kier molecular flexibility index (Phi) is 7.83. The monoisotopic (exact) mass is 471 g/mol. The Morgan fingerprint density at radius 1 is 1.00 bits per heavy atom. The van der Waals surface area contributed by atoms with E-state index in [0.717, 1.165) is 53.2 Å². The summed E-state index contributed by atoms with van der Waals surface area (Å²) in [6, 6.07) is 23.0. The van der Waals surface area contributed by atoms with E-state index in [9.17, 15) is 4.79 Å². The zero-order chi connectivity index (χ0) is 24.8. The minimum Gasteiger partial charge on any atom is -0.481 e. The Bertz CT molecular complexity index is 1390. The third kappa shape index (κ3) is 5.72. The molecule has 0 saturated heterocycles. The van der Waals surface area contributed by atoms with E-state index < -0.39 is 5.97 Å². The van der Waals surface area contributed by atoms with E-state index in [4.69, 9.17) is 9.94 Å². The van der Waals surface area contributed by atoms with Gasteiger partial charge in [0.1, 0.15) is 12.0 Å². The van der Waals surface area contributed by atoms with Gasteiger partial charge in [-0.05, 0) is 56.6 Å². The lowest BCUT2D eigenvalue weighted by molar-refractivity contribution is -0.138. The number of carbonyl (C=O) groups is 1. The molecular weight excluding hydrogens is 438 g/mol. The fourth-order valence-corrected chi connectivity index (χ4v) is 4.56. The summed E-state index contributed by atoms with van der Waals surface area (Å²) in [6.07, 6.45) is 0.924. The predicted octanol–water partition coefficient (Wildman–Crippen LogP) is 5.24. The molecule has 1 N–H and O–H groups in total. The van der Waals surface area contributed by atoms with E-state index in [2.05, 4.69) is 84.0 Å². The lowest BCUT2D eigenvalue weighted by Crippen LogP contribution is -2.21. The van der Waals surface area contributed by atoms with Crippen molar-refractivity contribution >= 4 is 27.8 Å². The molecule has 0 aliphatic heterocycles. The highest BCUT2D eigenvalue weighted by Crippen LogP contribution is 2.25. The second-order valence-electron chi connectivity index (χ2n) is 9.07. The van der Waals surface area contributed by atoms with Gasteiger partial charge in [-0.15, -0.1) is 0 Å². The van der Waals surface area contributed by atoms with E-state index in [1.807, 2.05) is 18.2 Å². The van der Waals surface area contributed by atoms with E-state index in [1.165, 1.54) is 16.7 Å². The van der Waals surface area contributed by atoms with Gasteiger partial charge in [0.25, 0.3) is 0 Å². The largest absolute Gasteiger partial charge is 0.481 e. The number of nitrogens with zero attached hydrogens (tertiary/aromatic N) is 3. The quantitative estimate of drug-likeness (QED) is 0.195. The molecule has 0 amide bonds. The summed E-state index contributed by atoms with van der Waals surface area (Å²) in [5.41, 5.74) is 6.00. The third-order valence-corrected chi connectivity index (χ3v) is 6.46. The number of aliphatic carboxylic acids is 1. The van der Waals surface area contributed by atoms with Crippen LogP contribution in [0, 0.1) is 13.8 Å². The average molecular weight is 472 g/mol. The van der Waals surface area contributed by atoms with Gasteiger partial charge in [0.05, 0.1) is 17.5 Å². The van der Waals surface area contributed by atoms with Crippen LogP contribution in [0.4, 0.5) is 0 Å². The summed E-state index contributed by atoms with van der Waals surface area (Å²) < 4.78 is 2.40. The maximum absolute atomic E-state index is 10.9. The summed E-state index contributed by atoms with van der Waals surface area (Å²) in [7, 11) is 2.17. The van der Waals surface area contributed by atoms with Crippen LogP contribution >= 0.6 is 0 Å². The minimum absolute atomic E-state index is 0.0403. The van der Waals surface area contributed by atoms with Crippen LogP contribution in [0.25, 0.3) is 21.8 Å². The molecule has 3 aromatic carbocycles. The summed E-state index contributed by atoms with van der Waals surface area (Å²) in [4.78, 5) is 18.7. The van der Waals surface area contributed by atoms with E-state index in [-0.39, 0.29) is 13.0 Å². The molecule has 0 radical (unpaired) electrons. The van der Waals surface area contributed by atoms with Crippen molar-refractivity contribution in [3.8, 4) is 0 Å². The Hall–Kier alpha value is -3.64. The minimum atomic E-state index is -0.899. The van der Waals surface area contributed by atoms with Gasteiger partial charge >= 0.3 is 5.97 Å². The number of carboxylic acids is 1. The SMILES string of the molecule is Cc1ccc2c(=NOCCC(=O)O)c3ccccc3n(CCCN(C)Cc3ccccc3)c2c1C. The van der Waals surface area contributed by atoms with Crippen LogP contribution in [0.1, 0.15) is 29.5 Å². The summed E-state index contributed by atoms with van der Waals surface area (Å²) in [5.74, 6) is -0.899. The van der Waals surface area contributed by atoms with Crippen LogP contribution in [-0.2, 0) is 22.7 Å². The Balaban J connectivity index is 1.70. The first kappa shape index (κ1) is 24.5. The van der Waals surface area contributed by atoms with Gasteiger partial charge in [-0.2, -0.15) is 0 Å². The summed E-state index contributed by atoms with van der Waals surface area (Å²) in [5, 5.41) is 16.1. The molecule has 0 atom stereocenters. The maximum atomic E-state index is 10.9. The van der Waals surface area contributed by atoms with Gasteiger partial charge in [0.15, 0.2) is 0 Å². The molecule has 0 fully saturated rings. The number of rotatable bonds is 10. The maximum Gasteiger partial charge on any atom is 0.306 e. The van der Waals surface area contributed by atoms with Crippen molar-refractivity contribution in [1.82, 2.24) is 9.47 Å². The molecule has 6 heteroatoms. The molecule has 1 aromatic heterocycles. The number of aryl methyl sites for hydroxylation is 3. The number of carboxylic acid groups (broad SMARTS) is 1. The van der Waals surface area contributed by atoms with Gasteiger partial charge in [-0.1, -0.05) is 65.8 Å². The first-order chi connectivity index (χ1) is 17.0. The van der Waals surface area contributed by atoms with Gasteiger partial charge in [-0.3, -0.25) is 4.79 Å². The number of aromatic nitrogens is 1. The zero-order valence-electron chi connectivity index (χ0n) is 20.7. The van der Waals surface area contributed by atoms with Crippen LogP contribution in [0.15, 0.2) is 71.9 Å². The zero-order valence-corrected chi connectivity index (χ0v) is 20.7. The van der Waals surface area contributed by atoms with Crippen LogP contribution in [0.5, 0.6) is 0 Å². The van der Waals surface area contributed by atoms with Crippen molar-refractivity contribution < 1.29 is 14.7 Å². The van der Waals surface area contributed by atoms with Gasteiger partial charge < -0.3 is 19.4 Å². The number of fused-ring (bicyclic) bond motifs is 2. The van der Waals surface area contributed by atoms with E-state index in [1.54, 1.807) is 0 Å². The molecule has 0 saturated carbocycles. The molecule has 6 nitrogen and oxygen atoms in total. The number of pyridine rings is 1. The molecule has 0 aliphatic rings. The first-order valence-corrected chi connectivity index (χ1v) is 12.1. The summed E-state index contributed by atoms with van der Waals surface area (Å²) >= 11 is 0. The summed E-state index contributed by atoms with van der Waals surface area (Å²) in [6.45, 7) is 7.10. The molecule has 0 bridgehead atoms. The van der Waals surface area contributed by atoms with Crippen LogP contribution < -0.4 is 5.36 Å². The number of hydrogen-bond acceptors (Lipinski definition) is 4. The molecule has 4 rings (SSSR count). The van der Waals surface area contributed by atoms with Crippen LogP contribution in [0.3, 0.4) is 0 Å². The molecule has 35 heavy (non-hydrogen) atoms. The van der Waals surface area contributed by atoms with E-state index >= 15 is 0 Å². The molecule has 1 heterocycles. The number of para-hydroxylation sites is 1. The molecule has 0 spiro atoms. The van der Waals surface area contributed by atoms with Crippen LogP contribution in [0.2, 0.25) is 0 Å². The molecule has 182 valence electrons. The fourth-order valence-electron chi connectivity index (χ4n) is 4.56. The van der Waals surface area contributed by atoms with Crippen molar-refractivity contribution in [2.75, 3.05) is 20.2 Å². The van der Waals surface area contributed by atoms with Gasteiger partial charge in [-0.25, -0.2) is 0 Å². The standard InChI is InChI=1S/C29H33N3O3/c1-21-14-15-25-28(30-35-19-16-27(33)34)24-12-7-8-13-26(24)32(29(25)22(21)2)18-9-17-31(3)20-23-10-5-4-6-11-23/h4-8,10-15H,9,16-20H2,1-3H3,(H,33,34). The van der Waals surface area contributed by atoms with Crippen molar-refractivity contribution in [3.05, 3.63) is 88.8 Å². The van der Waals surface area contributed by atoms with Crippen molar-refractivity contribution in [1.29, 1.82) is 0 Å². The Morgan fingerprint density at radius 3 is 2.51 bits per heavy atom. The van der Waals surface area contributed by atoms with Crippen molar-refractivity contribution in [3.63, 3.8) is 0 Å². The normalized spacial score (nSPS) is 12.1. The van der Waals surface area contributed by atoms with Gasteiger partial charge in [0, 0.05) is 23.9 Å². The molecule has 0 aliphatic carbocycles. The lowest BCUT2D eigenvalue weighted by Gasteiger charge is -2.21. The van der Waals surface area contributed by atoms with Crippen molar-refractivity contribution in [2.45, 2.75) is 39.8 Å². The first-order valence-electron chi connectivity index (χ1n) is 12.1. The smallest absolute Gasteiger partial charge is 0.306 e. The fraction of sp³-hybridized carbons (Fsp3) is 0.310. The second-order valence-corrected chi connectivity index (χ2v) is 9.07. The average Bonchev–Trinajstić information content (AvgIpc) is 2.85. The highest BCUT2D eigenvalue weighted by atomic mass is 16.6. The molecule has 0 unspecified atom stereocenters. The van der Waals surface area contributed by atoms with Crippen molar-refractivity contribution in [2.24, 2.45) is 5.16 Å². The highest BCUT2D eigenvalue weighted by Gasteiger charge is 2.13. The second kappa shape index (κ2) is 11.2. The highest BCUT2D eigenvalue weighted by molar-refractivity contribution is 5.95. The number of hydrogen-bond donors (Lipinski definition) is 1. The predicted molar refractivity (Wildman–Crippen MR) is 140 cm³/mol. The Labute approximate surface area is 206 Å². The Morgan fingerprint density at radius 2 is 1.74 bits per heavy atom. The van der Waals surface area contributed by atoms with E-state index in [0.29, 0.717) is 0 Å². The molecular formula is C29H33N3O3. The topological polar surface area (TPSA) is 67.1 Å². The molecule has 4 aromatic rings. The third-order valence-electron chi connectivity index (χ3n) is 6.46.